The highest BCUT2D eigenvalue weighted by Crippen LogP contribution is 2.30. The predicted molar refractivity (Wildman–Crippen MR) is 136 cm³/mol. The third-order valence-electron chi connectivity index (χ3n) is 6.21. The SMILES string of the molecule is Cc1ccc(CN(Cc2ccccc2)C(=O)CN(CC2CCCO2)C(=O)c2cccc(C(F)(F)F)c2)s1. The number of hydrogen-bond acceptors (Lipinski definition) is 4. The van der Waals surface area contributed by atoms with Gasteiger partial charge in [-0.1, -0.05) is 36.4 Å². The summed E-state index contributed by atoms with van der Waals surface area (Å²) >= 11 is 1.60. The number of ether oxygens (including phenoxy) is 1. The summed E-state index contributed by atoms with van der Waals surface area (Å²) in [5, 5.41) is 0. The van der Waals surface area contributed by atoms with Gasteiger partial charge in [0.2, 0.25) is 5.91 Å². The van der Waals surface area contributed by atoms with Crippen LogP contribution in [-0.2, 0) is 28.8 Å². The van der Waals surface area contributed by atoms with Crippen LogP contribution in [-0.4, -0.2) is 47.4 Å². The van der Waals surface area contributed by atoms with E-state index >= 15 is 0 Å². The first kappa shape index (κ1) is 26.9. The van der Waals surface area contributed by atoms with Gasteiger partial charge < -0.3 is 14.5 Å². The lowest BCUT2D eigenvalue weighted by molar-refractivity contribution is -0.137. The van der Waals surface area contributed by atoms with Crippen molar-refractivity contribution in [2.45, 2.75) is 45.1 Å². The second-order valence-corrected chi connectivity index (χ2v) is 10.5. The van der Waals surface area contributed by atoms with E-state index in [1.165, 1.54) is 17.0 Å². The van der Waals surface area contributed by atoms with Gasteiger partial charge in [0, 0.05) is 35.0 Å². The molecular formula is C28H29F3N2O3S. The molecule has 1 unspecified atom stereocenters. The standard InChI is InChI=1S/C28H29F3N2O3S/c1-20-12-13-25(37-20)18-32(16-21-7-3-2-4-8-21)26(34)19-33(17-24-11-6-14-36-24)27(35)22-9-5-10-23(15-22)28(29,30)31/h2-5,7-10,12-13,15,24H,6,11,14,16-19H2,1H3. The molecule has 1 fully saturated rings. The minimum absolute atomic E-state index is 0.107. The Morgan fingerprint density at radius 1 is 1.00 bits per heavy atom. The molecule has 2 aromatic carbocycles. The van der Waals surface area contributed by atoms with Crippen molar-refractivity contribution in [1.82, 2.24) is 9.80 Å². The van der Waals surface area contributed by atoms with E-state index < -0.39 is 17.6 Å². The number of hydrogen-bond donors (Lipinski definition) is 0. The Kier molecular flexibility index (Phi) is 8.66. The molecule has 3 aromatic rings. The molecule has 5 nitrogen and oxygen atoms in total. The van der Waals surface area contributed by atoms with Crippen LogP contribution in [0.5, 0.6) is 0 Å². The minimum Gasteiger partial charge on any atom is -0.376 e. The van der Waals surface area contributed by atoms with Crippen molar-refractivity contribution in [2.75, 3.05) is 19.7 Å². The smallest absolute Gasteiger partial charge is 0.376 e. The summed E-state index contributed by atoms with van der Waals surface area (Å²) in [6.07, 6.45) is -3.27. The van der Waals surface area contributed by atoms with Crippen LogP contribution in [0.25, 0.3) is 0 Å². The van der Waals surface area contributed by atoms with Crippen molar-refractivity contribution in [3.8, 4) is 0 Å². The number of alkyl halides is 3. The number of aryl methyl sites for hydroxylation is 1. The molecule has 0 N–H and O–H groups in total. The summed E-state index contributed by atoms with van der Waals surface area (Å²) in [4.78, 5) is 32.2. The number of carbonyl (C=O) groups excluding carboxylic acids is 2. The summed E-state index contributed by atoms with van der Waals surface area (Å²) in [7, 11) is 0. The zero-order valence-electron chi connectivity index (χ0n) is 20.5. The maximum Gasteiger partial charge on any atom is 0.416 e. The van der Waals surface area contributed by atoms with E-state index in [1.54, 1.807) is 16.2 Å². The number of nitrogens with zero attached hydrogens (tertiary/aromatic N) is 2. The molecule has 0 spiro atoms. The van der Waals surface area contributed by atoms with Gasteiger partial charge in [0.1, 0.15) is 6.54 Å². The highest BCUT2D eigenvalue weighted by molar-refractivity contribution is 7.11. The molecule has 0 saturated carbocycles. The van der Waals surface area contributed by atoms with Crippen molar-refractivity contribution >= 4 is 23.2 Å². The van der Waals surface area contributed by atoms with E-state index in [0.29, 0.717) is 19.7 Å². The van der Waals surface area contributed by atoms with Gasteiger partial charge in [-0.05, 0) is 55.7 Å². The average Bonchev–Trinajstić information content (AvgIpc) is 3.54. The Labute approximate surface area is 218 Å². The van der Waals surface area contributed by atoms with E-state index in [4.69, 9.17) is 4.74 Å². The second-order valence-electron chi connectivity index (χ2n) is 9.15. The molecule has 0 aliphatic carbocycles. The maximum atomic E-state index is 13.6. The molecule has 1 aliphatic heterocycles. The lowest BCUT2D eigenvalue weighted by atomic mass is 10.1. The number of carbonyl (C=O) groups is 2. The Hall–Kier alpha value is -3.17. The summed E-state index contributed by atoms with van der Waals surface area (Å²) < 4.78 is 45.5. The van der Waals surface area contributed by atoms with Gasteiger partial charge in [-0.3, -0.25) is 9.59 Å². The predicted octanol–water partition coefficient (Wildman–Crippen LogP) is 5.93. The van der Waals surface area contributed by atoms with Gasteiger partial charge in [-0.2, -0.15) is 13.2 Å². The second kappa shape index (κ2) is 11.9. The van der Waals surface area contributed by atoms with Gasteiger partial charge in [-0.15, -0.1) is 11.3 Å². The lowest BCUT2D eigenvalue weighted by Gasteiger charge is -2.29. The van der Waals surface area contributed by atoms with Crippen LogP contribution >= 0.6 is 11.3 Å². The van der Waals surface area contributed by atoms with E-state index in [0.717, 1.165) is 40.3 Å². The molecule has 1 aliphatic rings. The van der Waals surface area contributed by atoms with Crippen molar-refractivity contribution in [1.29, 1.82) is 0 Å². The Morgan fingerprint density at radius 3 is 2.43 bits per heavy atom. The third kappa shape index (κ3) is 7.42. The van der Waals surface area contributed by atoms with Crippen LogP contribution < -0.4 is 0 Å². The van der Waals surface area contributed by atoms with Crippen LogP contribution in [0.15, 0.2) is 66.7 Å². The number of rotatable bonds is 9. The lowest BCUT2D eigenvalue weighted by Crippen LogP contribution is -2.45. The number of thiophene rings is 1. The average molecular weight is 531 g/mol. The number of benzene rings is 2. The summed E-state index contributed by atoms with van der Waals surface area (Å²) in [5.41, 5.74) is -0.0661. The van der Waals surface area contributed by atoms with Crippen LogP contribution in [0.4, 0.5) is 13.2 Å². The van der Waals surface area contributed by atoms with Gasteiger partial charge in [0.15, 0.2) is 0 Å². The van der Waals surface area contributed by atoms with Crippen LogP contribution in [0.2, 0.25) is 0 Å². The van der Waals surface area contributed by atoms with E-state index in [9.17, 15) is 22.8 Å². The van der Waals surface area contributed by atoms with E-state index in [-0.39, 0.29) is 30.7 Å². The highest BCUT2D eigenvalue weighted by atomic mass is 32.1. The molecular weight excluding hydrogens is 501 g/mol. The molecule has 2 heterocycles. The number of amides is 2. The highest BCUT2D eigenvalue weighted by Gasteiger charge is 2.32. The van der Waals surface area contributed by atoms with Gasteiger partial charge in [0.05, 0.1) is 18.2 Å². The zero-order chi connectivity index (χ0) is 26.4. The van der Waals surface area contributed by atoms with Crippen LogP contribution in [0.1, 0.15) is 44.1 Å². The van der Waals surface area contributed by atoms with Crippen molar-refractivity contribution in [3.05, 3.63) is 93.2 Å². The van der Waals surface area contributed by atoms with Crippen molar-refractivity contribution < 1.29 is 27.5 Å². The first-order valence-electron chi connectivity index (χ1n) is 12.1. The first-order valence-corrected chi connectivity index (χ1v) is 13.0. The normalized spacial score (nSPS) is 15.5. The molecule has 196 valence electrons. The Bertz CT molecular complexity index is 1210. The molecule has 1 atom stereocenters. The fourth-order valence-electron chi connectivity index (χ4n) is 4.32. The van der Waals surface area contributed by atoms with Crippen molar-refractivity contribution in [2.24, 2.45) is 0 Å². The quantitative estimate of drug-likeness (QED) is 0.345. The Balaban J connectivity index is 1.58. The molecule has 1 aromatic heterocycles. The molecule has 0 bridgehead atoms. The molecule has 9 heteroatoms. The maximum absolute atomic E-state index is 13.6. The first-order chi connectivity index (χ1) is 17.7. The van der Waals surface area contributed by atoms with Crippen LogP contribution in [0.3, 0.4) is 0 Å². The molecule has 0 radical (unpaired) electrons. The molecule has 37 heavy (non-hydrogen) atoms. The summed E-state index contributed by atoms with van der Waals surface area (Å²) in [6, 6.07) is 17.8. The van der Waals surface area contributed by atoms with Crippen molar-refractivity contribution in [3.63, 3.8) is 0 Å². The minimum atomic E-state index is -4.57. The molecule has 4 rings (SSSR count). The third-order valence-corrected chi connectivity index (χ3v) is 7.20. The topological polar surface area (TPSA) is 49.9 Å². The monoisotopic (exact) mass is 530 g/mol. The largest absolute Gasteiger partial charge is 0.416 e. The Morgan fingerprint density at radius 2 is 1.78 bits per heavy atom. The fraction of sp³-hybridized carbons (Fsp3) is 0.357. The molecule has 1 saturated heterocycles. The van der Waals surface area contributed by atoms with E-state index in [2.05, 4.69) is 0 Å². The number of halogens is 3. The van der Waals surface area contributed by atoms with Crippen LogP contribution in [0, 0.1) is 6.92 Å². The van der Waals surface area contributed by atoms with E-state index in [1.807, 2.05) is 49.4 Å². The van der Waals surface area contributed by atoms with Gasteiger partial charge >= 0.3 is 6.18 Å². The zero-order valence-corrected chi connectivity index (χ0v) is 21.4. The van der Waals surface area contributed by atoms with Gasteiger partial charge in [-0.25, -0.2) is 0 Å². The summed E-state index contributed by atoms with van der Waals surface area (Å²) in [6.45, 7) is 3.15. The van der Waals surface area contributed by atoms with Gasteiger partial charge in [0.25, 0.3) is 5.91 Å². The summed E-state index contributed by atoms with van der Waals surface area (Å²) in [5.74, 6) is -0.908. The molecule has 2 amide bonds. The fourth-order valence-corrected chi connectivity index (χ4v) is 5.23.